The molecule has 0 spiro atoms. The van der Waals surface area contributed by atoms with E-state index in [1.54, 1.807) is 0 Å². The van der Waals surface area contributed by atoms with E-state index in [0.717, 1.165) is 30.5 Å². The molecule has 1 fully saturated rings. The molecule has 3 amide bonds. The van der Waals surface area contributed by atoms with Gasteiger partial charge in [-0.25, -0.2) is 4.79 Å². The minimum Gasteiger partial charge on any atom is -0.352 e. The highest BCUT2D eigenvalue weighted by Gasteiger charge is 2.25. The number of aryl methyl sites for hydroxylation is 1. The van der Waals surface area contributed by atoms with Crippen LogP contribution < -0.4 is 21.7 Å². The molecule has 1 aromatic rings. The molecule has 2 rings (SSSR count). The minimum atomic E-state index is -0.626. The number of carbonyl (C=O) groups excluding carboxylic acids is 2. The van der Waals surface area contributed by atoms with Crippen LogP contribution in [-0.2, 0) is 4.79 Å². The van der Waals surface area contributed by atoms with Crippen molar-refractivity contribution in [2.24, 2.45) is 5.73 Å². The summed E-state index contributed by atoms with van der Waals surface area (Å²) in [6, 6.07) is 7.03. The average molecular weight is 318 g/mol. The quantitative estimate of drug-likeness (QED) is 0.660. The highest BCUT2D eigenvalue weighted by atomic mass is 16.2. The van der Waals surface area contributed by atoms with E-state index in [2.05, 4.69) is 22.9 Å². The van der Waals surface area contributed by atoms with Crippen LogP contribution in [0.15, 0.2) is 24.3 Å². The van der Waals surface area contributed by atoms with Gasteiger partial charge in [-0.2, -0.15) is 0 Å². The van der Waals surface area contributed by atoms with E-state index in [0.29, 0.717) is 0 Å². The van der Waals surface area contributed by atoms with E-state index < -0.39 is 12.1 Å². The summed E-state index contributed by atoms with van der Waals surface area (Å²) < 4.78 is 0. The second kappa shape index (κ2) is 7.97. The predicted molar refractivity (Wildman–Crippen MR) is 89.9 cm³/mol. The van der Waals surface area contributed by atoms with Gasteiger partial charge in [-0.15, -0.1) is 0 Å². The Balaban J connectivity index is 2.04. The average Bonchev–Trinajstić information content (AvgIpc) is 2.49. The number of piperidine rings is 1. The van der Waals surface area contributed by atoms with Crippen molar-refractivity contribution in [3.63, 3.8) is 0 Å². The monoisotopic (exact) mass is 318 g/mol. The lowest BCUT2D eigenvalue weighted by atomic mass is 9.97. The van der Waals surface area contributed by atoms with Crippen molar-refractivity contribution in [3.05, 3.63) is 35.4 Å². The van der Waals surface area contributed by atoms with Crippen molar-refractivity contribution in [1.29, 1.82) is 0 Å². The number of nitrogens with one attached hydrogen (secondary N) is 3. The smallest absolute Gasteiger partial charge is 0.312 e. The van der Waals surface area contributed by atoms with Gasteiger partial charge >= 0.3 is 6.03 Å². The molecule has 1 aliphatic heterocycles. The van der Waals surface area contributed by atoms with Crippen LogP contribution in [0.2, 0.25) is 0 Å². The van der Waals surface area contributed by atoms with Crippen molar-refractivity contribution in [2.75, 3.05) is 6.54 Å². The highest BCUT2D eigenvalue weighted by Crippen LogP contribution is 2.21. The molecule has 23 heavy (non-hydrogen) atoms. The number of hydrogen-bond donors (Lipinski definition) is 4. The third kappa shape index (κ3) is 4.96. The van der Waals surface area contributed by atoms with Gasteiger partial charge < -0.3 is 21.7 Å². The summed E-state index contributed by atoms with van der Waals surface area (Å²) in [7, 11) is 0. The van der Waals surface area contributed by atoms with E-state index in [1.165, 1.54) is 0 Å². The van der Waals surface area contributed by atoms with Gasteiger partial charge in [0.1, 0.15) is 0 Å². The molecule has 1 aromatic carbocycles. The molecular formula is C17H26N4O2. The van der Waals surface area contributed by atoms with E-state index in [9.17, 15) is 9.59 Å². The Morgan fingerprint density at radius 2 is 2.13 bits per heavy atom. The van der Waals surface area contributed by atoms with Crippen LogP contribution >= 0.6 is 0 Å². The number of amides is 3. The van der Waals surface area contributed by atoms with Crippen molar-refractivity contribution in [1.82, 2.24) is 16.0 Å². The fourth-order valence-electron chi connectivity index (χ4n) is 3.08. The third-order valence-corrected chi connectivity index (χ3v) is 4.38. The molecule has 3 atom stereocenters. The summed E-state index contributed by atoms with van der Waals surface area (Å²) in [5.74, 6) is -0.0763. The molecule has 6 heteroatoms. The Bertz CT molecular complexity index is 561. The van der Waals surface area contributed by atoms with Crippen LogP contribution in [0, 0.1) is 6.92 Å². The molecular weight excluding hydrogens is 292 g/mol. The van der Waals surface area contributed by atoms with Crippen LogP contribution in [0.25, 0.3) is 0 Å². The second-order valence-electron chi connectivity index (χ2n) is 6.18. The number of hydrogen-bond acceptors (Lipinski definition) is 3. The predicted octanol–water partition coefficient (Wildman–Crippen LogP) is 1.35. The maximum atomic E-state index is 12.4. The zero-order chi connectivity index (χ0) is 16.8. The molecule has 0 saturated carbocycles. The van der Waals surface area contributed by atoms with Crippen LogP contribution in [0.3, 0.4) is 0 Å². The molecule has 5 N–H and O–H groups in total. The van der Waals surface area contributed by atoms with E-state index >= 15 is 0 Å². The van der Waals surface area contributed by atoms with Crippen molar-refractivity contribution in [3.8, 4) is 0 Å². The molecule has 1 heterocycles. The molecule has 6 nitrogen and oxygen atoms in total. The number of carbonyl (C=O) groups is 2. The summed E-state index contributed by atoms with van der Waals surface area (Å²) in [4.78, 5) is 23.7. The number of urea groups is 1. The first-order chi connectivity index (χ1) is 11.0. The van der Waals surface area contributed by atoms with E-state index in [4.69, 9.17) is 5.73 Å². The lowest BCUT2D eigenvalue weighted by molar-refractivity contribution is -0.122. The number of primary amides is 1. The van der Waals surface area contributed by atoms with E-state index in [1.807, 2.05) is 31.2 Å². The van der Waals surface area contributed by atoms with Crippen molar-refractivity contribution < 1.29 is 9.59 Å². The van der Waals surface area contributed by atoms with Gasteiger partial charge in [-0.05, 0) is 44.4 Å². The first-order valence-corrected chi connectivity index (χ1v) is 8.11. The number of benzene rings is 1. The summed E-state index contributed by atoms with van der Waals surface area (Å²) in [5, 5.41) is 9.11. The lowest BCUT2D eigenvalue weighted by Crippen LogP contribution is -2.52. The Morgan fingerprint density at radius 3 is 2.78 bits per heavy atom. The zero-order valence-electron chi connectivity index (χ0n) is 13.8. The molecule has 1 aliphatic rings. The molecule has 1 saturated heterocycles. The Labute approximate surface area is 137 Å². The normalized spacial score (nSPS) is 22.2. The molecule has 3 unspecified atom stereocenters. The largest absolute Gasteiger partial charge is 0.352 e. The van der Waals surface area contributed by atoms with Gasteiger partial charge in [0.05, 0.1) is 12.5 Å². The molecule has 0 aliphatic carbocycles. The summed E-state index contributed by atoms with van der Waals surface area (Å²) >= 11 is 0. The van der Waals surface area contributed by atoms with Crippen molar-refractivity contribution in [2.45, 2.75) is 51.2 Å². The highest BCUT2D eigenvalue weighted by molar-refractivity contribution is 5.79. The van der Waals surface area contributed by atoms with E-state index in [-0.39, 0.29) is 24.4 Å². The Hall–Kier alpha value is -2.08. The first-order valence-electron chi connectivity index (χ1n) is 8.11. The van der Waals surface area contributed by atoms with Gasteiger partial charge in [0.25, 0.3) is 0 Å². The maximum absolute atomic E-state index is 12.4. The fourth-order valence-corrected chi connectivity index (χ4v) is 3.08. The third-order valence-electron chi connectivity index (χ3n) is 4.38. The van der Waals surface area contributed by atoms with Gasteiger partial charge in [0.15, 0.2) is 0 Å². The number of rotatable bonds is 5. The SMILES string of the molecule is Cc1ccccc1C(CC(=O)NC1CCCNC1C)NC(N)=O. The van der Waals surface area contributed by atoms with Gasteiger partial charge in [0.2, 0.25) is 5.91 Å². The Kier molecular flexibility index (Phi) is 5.98. The summed E-state index contributed by atoms with van der Waals surface area (Å²) in [6.07, 6.45) is 2.20. The second-order valence-corrected chi connectivity index (χ2v) is 6.18. The molecule has 0 radical (unpaired) electrons. The van der Waals surface area contributed by atoms with Gasteiger partial charge in [0, 0.05) is 12.1 Å². The van der Waals surface area contributed by atoms with Crippen LogP contribution in [0.1, 0.15) is 43.4 Å². The zero-order valence-corrected chi connectivity index (χ0v) is 13.8. The summed E-state index contributed by atoms with van der Waals surface area (Å²) in [5.41, 5.74) is 7.20. The first kappa shape index (κ1) is 17.3. The Morgan fingerprint density at radius 1 is 1.39 bits per heavy atom. The number of nitrogens with two attached hydrogens (primary N) is 1. The fraction of sp³-hybridized carbons (Fsp3) is 0.529. The molecule has 0 bridgehead atoms. The maximum Gasteiger partial charge on any atom is 0.312 e. The van der Waals surface area contributed by atoms with Crippen LogP contribution in [0.4, 0.5) is 4.79 Å². The minimum absolute atomic E-state index is 0.0763. The van der Waals surface area contributed by atoms with Crippen LogP contribution in [0.5, 0.6) is 0 Å². The van der Waals surface area contributed by atoms with Gasteiger partial charge in [-0.1, -0.05) is 24.3 Å². The summed E-state index contributed by atoms with van der Waals surface area (Å²) in [6.45, 7) is 5.02. The van der Waals surface area contributed by atoms with Crippen molar-refractivity contribution >= 4 is 11.9 Å². The molecule has 0 aromatic heterocycles. The standard InChI is InChI=1S/C17H26N4O2/c1-11-6-3-4-7-13(11)15(21-17(18)23)10-16(22)20-14-8-5-9-19-12(14)2/h3-4,6-7,12,14-15,19H,5,8-10H2,1-2H3,(H,20,22)(H3,18,21,23). The topological polar surface area (TPSA) is 96.2 Å². The lowest BCUT2D eigenvalue weighted by Gasteiger charge is -2.31. The van der Waals surface area contributed by atoms with Gasteiger partial charge in [-0.3, -0.25) is 4.79 Å². The molecule has 126 valence electrons. The van der Waals surface area contributed by atoms with Crippen LogP contribution in [-0.4, -0.2) is 30.6 Å².